The predicted octanol–water partition coefficient (Wildman–Crippen LogP) is 4.14. The molecular weight excluding hydrogens is 310 g/mol. The Labute approximate surface area is 148 Å². The van der Waals surface area contributed by atoms with Crippen LogP contribution in [0, 0.1) is 6.92 Å². The third kappa shape index (κ3) is 3.17. The highest BCUT2D eigenvalue weighted by Gasteiger charge is 2.30. The highest BCUT2D eigenvalue weighted by molar-refractivity contribution is 5.43. The molecule has 2 aromatic carbocycles. The Bertz CT molecular complexity index is 857. The van der Waals surface area contributed by atoms with Gasteiger partial charge in [-0.2, -0.15) is 5.10 Å². The summed E-state index contributed by atoms with van der Waals surface area (Å²) < 4.78 is 7.33. The highest BCUT2D eigenvalue weighted by atomic mass is 16.5. The first-order valence-corrected chi connectivity index (χ1v) is 8.72. The molecule has 0 aliphatic carbocycles. The Morgan fingerprint density at radius 2 is 2.08 bits per heavy atom. The SMILES string of the molecule is COc1cccc(C2CCN2Cc2cc(C)ccc2-n2cccn2)c1. The molecule has 1 fully saturated rings. The van der Waals surface area contributed by atoms with Gasteiger partial charge in [0.05, 0.1) is 12.8 Å². The molecule has 3 aromatic rings. The highest BCUT2D eigenvalue weighted by Crippen LogP contribution is 2.36. The molecule has 0 bridgehead atoms. The van der Waals surface area contributed by atoms with Gasteiger partial charge in [0.2, 0.25) is 0 Å². The van der Waals surface area contributed by atoms with E-state index in [4.69, 9.17) is 4.74 Å². The van der Waals surface area contributed by atoms with Crippen LogP contribution in [0.1, 0.15) is 29.2 Å². The van der Waals surface area contributed by atoms with Gasteiger partial charge in [-0.05, 0) is 48.7 Å². The number of hydrogen-bond donors (Lipinski definition) is 0. The summed E-state index contributed by atoms with van der Waals surface area (Å²) in [6, 6.07) is 17.4. The number of nitrogens with zero attached hydrogens (tertiary/aromatic N) is 3. The van der Waals surface area contributed by atoms with Crippen molar-refractivity contribution in [1.29, 1.82) is 0 Å². The summed E-state index contributed by atoms with van der Waals surface area (Å²) in [4.78, 5) is 2.52. The van der Waals surface area contributed by atoms with Gasteiger partial charge in [-0.15, -0.1) is 0 Å². The van der Waals surface area contributed by atoms with Crippen LogP contribution in [-0.2, 0) is 6.54 Å². The van der Waals surface area contributed by atoms with Crippen molar-refractivity contribution in [2.24, 2.45) is 0 Å². The minimum atomic E-state index is 0.459. The molecule has 0 spiro atoms. The van der Waals surface area contributed by atoms with E-state index in [2.05, 4.69) is 53.3 Å². The number of likely N-dealkylation sites (tertiary alicyclic amines) is 1. The van der Waals surface area contributed by atoms with Gasteiger partial charge in [0, 0.05) is 31.5 Å². The molecule has 0 amide bonds. The van der Waals surface area contributed by atoms with E-state index >= 15 is 0 Å². The molecule has 0 N–H and O–H groups in total. The topological polar surface area (TPSA) is 30.3 Å². The molecule has 4 heteroatoms. The van der Waals surface area contributed by atoms with Gasteiger partial charge in [0.1, 0.15) is 5.75 Å². The molecule has 0 radical (unpaired) electrons. The lowest BCUT2D eigenvalue weighted by Gasteiger charge is -2.41. The molecule has 25 heavy (non-hydrogen) atoms. The van der Waals surface area contributed by atoms with Crippen LogP contribution >= 0.6 is 0 Å². The zero-order chi connectivity index (χ0) is 17.2. The first kappa shape index (κ1) is 15.9. The van der Waals surface area contributed by atoms with Crippen molar-refractivity contribution in [3.8, 4) is 11.4 Å². The Balaban J connectivity index is 1.59. The fourth-order valence-electron chi connectivity index (χ4n) is 3.55. The van der Waals surface area contributed by atoms with Crippen LogP contribution in [0.3, 0.4) is 0 Å². The summed E-state index contributed by atoms with van der Waals surface area (Å²) in [7, 11) is 1.72. The Kier molecular flexibility index (Phi) is 4.28. The quantitative estimate of drug-likeness (QED) is 0.703. The van der Waals surface area contributed by atoms with E-state index in [1.165, 1.54) is 23.1 Å². The van der Waals surface area contributed by atoms with Gasteiger partial charge in [0.15, 0.2) is 0 Å². The molecule has 4 nitrogen and oxygen atoms in total. The third-order valence-corrected chi connectivity index (χ3v) is 4.97. The van der Waals surface area contributed by atoms with Crippen molar-refractivity contribution in [2.45, 2.75) is 25.9 Å². The van der Waals surface area contributed by atoms with E-state index in [9.17, 15) is 0 Å². The van der Waals surface area contributed by atoms with Crippen molar-refractivity contribution in [1.82, 2.24) is 14.7 Å². The molecule has 4 rings (SSSR count). The summed E-state index contributed by atoms with van der Waals surface area (Å²) in [6.07, 6.45) is 5.02. The number of benzene rings is 2. The van der Waals surface area contributed by atoms with Crippen LogP contribution in [0.25, 0.3) is 5.69 Å². The van der Waals surface area contributed by atoms with E-state index in [0.717, 1.165) is 24.5 Å². The maximum atomic E-state index is 5.38. The van der Waals surface area contributed by atoms with Crippen molar-refractivity contribution in [3.05, 3.63) is 77.6 Å². The van der Waals surface area contributed by atoms with Gasteiger partial charge in [-0.3, -0.25) is 4.90 Å². The van der Waals surface area contributed by atoms with Crippen LogP contribution in [0.4, 0.5) is 0 Å². The second kappa shape index (κ2) is 6.73. The number of aromatic nitrogens is 2. The summed E-state index contributed by atoms with van der Waals surface area (Å²) in [5.41, 5.74) is 5.09. The lowest BCUT2D eigenvalue weighted by Crippen LogP contribution is -2.40. The van der Waals surface area contributed by atoms with E-state index < -0.39 is 0 Å². The van der Waals surface area contributed by atoms with Crippen LogP contribution < -0.4 is 4.74 Å². The number of hydrogen-bond acceptors (Lipinski definition) is 3. The van der Waals surface area contributed by atoms with Crippen molar-refractivity contribution in [2.75, 3.05) is 13.7 Å². The molecular formula is C21H23N3O. The van der Waals surface area contributed by atoms with E-state index in [0.29, 0.717) is 6.04 Å². The zero-order valence-corrected chi connectivity index (χ0v) is 14.7. The first-order chi connectivity index (χ1) is 12.2. The largest absolute Gasteiger partial charge is 0.497 e. The molecule has 1 atom stereocenters. The molecule has 0 saturated carbocycles. The Hall–Kier alpha value is -2.59. The maximum absolute atomic E-state index is 5.38. The van der Waals surface area contributed by atoms with Gasteiger partial charge in [-0.1, -0.05) is 29.8 Å². The van der Waals surface area contributed by atoms with Gasteiger partial charge in [0.25, 0.3) is 0 Å². The summed E-state index contributed by atoms with van der Waals surface area (Å²) in [5, 5.41) is 4.41. The van der Waals surface area contributed by atoms with Gasteiger partial charge >= 0.3 is 0 Å². The average molecular weight is 333 g/mol. The fraction of sp³-hybridized carbons (Fsp3) is 0.286. The van der Waals surface area contributed by atoms with Gasteiger partial charge in [-0.25, -0.2) is 4.68 Å². The number of methoxy groups -OCH3 is 1. The Morgan fingerprint density at radius 1 is 1.16 bits per heavy atom. The lowest BCUT2D eigenvalue weighted by atomic mass is 9.93. The third-order valence-electron chi connectivity index (χ3n) is 4.97. The van der Waals surface area contributed by atoms with Gasteiger partial charge < -0.3 is 4.74 Å². The minimum Gasteiger partial charge on any atom is -0.497 e. The van der Waals surface area contributed by atoms with Crippen molar-refractivity contribution in [3.63, 3.8) is 0 Å². The van der Waals surface area contributed by atoms with Crippen LogP contribution in [0.15, 0.2) is 60.9 Å². The van der Waals surface area contributed by atoms with Crippen LogP contribution in [-0.4, -0.2) is 28.3 Å². The number of aryl methyl sites for hydroxylation is 1. The van der Waals surface area contributed by atoms with Crippen molar-refractivity contribution < 1.29 is 4.74 Å². The van der Waals surface area contributed by atoms with Crippen LogP contribution in [0.5, 0.6) is 5.75 Å². The summed E-state index contributed by atoms with van der Waals surface area (Å²) in [6.45, 7) is 4.19. The monoisotopic (exact) mass is 333 g/mol. The molecule has 1 saturated heterocycles. The van der Waals surface area contributed by atoms with E-state index in [1.54, 1.807) is 7.11 Å². The molecule has 1 aromatic heterocycles. The standard InChI is InChI=1S/C21H23N3O/c1-16-7-8-21(24-11-4-10-22-24)18(13-16)15-23-12-9-20(23)17-5-3-6-19(14-17)25-2/h3-8,10-11,13-14,20H,9,12,15H2,1-2H3. The lowest BCUT2D eigenvalue weighted by molar-refractivity contribution is 0.0816. The second-order valence-corrected chi connectivity index (χ2v) is 6.63. The predicted molar refractivity (Wildman–Crippen MR) is 99.1 cm³/mol. The fourth-order valence-corrected chi connectivity index (χ4v) is 3.55. The molecule has 1 unspecified atom stereocenters. The molecule has 128 valence electrons. The van der Waals surface area contributed by atoms with E-state index in [-0.39, 0.29) is 0 Å². The summed E-state index contributed by atoms with van der Waals surface area (Å²) in [5.74, 6) is 0.928. The van der Waals surface area contributed by atoms with E-state index in [1.807, 2.05) is 29.2 Å². The van der Waals surface area contributed by atoms with Crippen molar-refractivity contribution >= 4 is 0 Å². The molecule has 1 aliphatic rings. The average Bonchev–Trinajstić information content (AvgIpc) is 3.13. The summed E-state index contributed by atoms with van der Waals surface area (Å²) >= 11 is 0. The van der Waals surface area contributed by atoms with Crippen LogP contribution in [0.2, 0.25) is 0 Å². The second-order valence-electron chi connectivity index (χ2n) is 6.63. The number of rotatable bonds is 5. The minimum absolute atomic E-state index is 0.459. The molecule has 1 aliphatic heterocycles. The molecule has 2 heterocycles. The number of ether oxygens (including phenoxy) is 1. The first-order valence-electron chi connectivity index (χ1n) is 8.72. The smallest absolute Gasteiger partial charge is 0.119 e. The maximum Gasteiger partial charge on any atom is 0.119 e. The normalized spacial score (nSPS) is 17.3. The Morgan fingerprint density at radius 3 is 2.80 bits per heavy atom. The zero-order valence-electron chi connectivity index (χ0n) is 14.7.